The monoisotopic (exact) mass is 296 g/mol. The van der Waals surface area contributed by atoms with Gasteiger partial charge in [-0.2, -0.15) is 0 Å². The molecular weight excluding hydrogens is 280 g/mol. The first kappa shape index (κ1) is 12.7. The van der Waals surface area contributed by atoms with E-state index in [4.69, 9.17) is 0 Å². The molecule has 21 heavy (non-hydrogen) atoms. The number of H-pyrrole nitrogens is 1. The van der Waals surface area contributed by atoms with Gasteiger partial charge in [0.05, 0.1) is 6.04 Å². The fourth-order valence-corrected chi connectivity index (χ4v) is 4.18. The van der Waals surface area contributed by atoms with Gasteiger partial charge in [-0.05, 0) is 48.6 Å². The molecule has 1 aliphatic heterocycles. The summed E-state index contributed by atoms with van der Waals surface area (Å²) in [6, 6.07) is 10.2. The van der Waals surface area contributed by atoms with E-state index < -0.39 is 0 Å². The van der Waals surface area contributed by atoms with Crippen molar-refractivity contribution >= 4 is 28.1 Å². The molecule has 1 atom stereocenters. The molecule has 0 spiro atoms. The van der Waals surface area contributed by atoms with E-state index in [0.29, 0.717) is 0 Å². The molecule has 3 nitrogen and oxygen atoms in total. The topological polar surface area (TPSA) is 36.1 Å². The molecule has 0 aliphatic carbocycles. The van der Waals surface area contributed by atoms with Gasteiger partial charge in [-0.1, -0.05) is 6.07 Å². The molecule has 106 valence electrons. The molecule has 0 radical (unpaired) electrons. The Morgan fingerprint density at radius 2 is 2.24 bits per heavy atom. The Bertz CT molecular complexity index is 817. The summed E-state index contributed by atoms with van der Waals surface area (Å²) in [5, 5.41) is 3.13. The number of rotatable bonds is 1. The van der Waals surface area contributed by atoms with E-state index in [1.165, 1.54) is 10.4 Å². The summed E-state index contributed by atoms with van der Waals surface area (Å²) in [5.41, 5.74) is 3.11. The fourth-order valence-electron chi connectivity index (χ4n) is 3.21. The van der Waals surface area contributed by atoms with Crippen LogP contribution in [-0.2, 0) is 6.42 Å². The lowest BCUT2D eigenvalue weighted by Gasteiger charge is -2.33. The van der Waals surface area contributed by atoms with Crippen molar-refractivity contribution in [2.24, 2.45) is 0 Å². The quantitative estimate of drug-likeness (QED) is 0.724. The second-order valence-corrected chi connectivity index (χ2v) is 6.47. The third kappa shape index (κ3) is 1.90. The largest absolute Gasteiger partial charge is 0.361 e. The van der Waals surface area contributed by atoms with Gasteiger partial charge in [-0.3, -0.25) is 4.79 Å². The van der Waals surface area contributed by atoms with Gasteiger partial charge in [-0.15, -0.1) is 11.3 Å². The number of carbonyl (C=O) groups excluding carboxylic acids is 1. The summed E-state index contributed by atoms with van der Waals surface area (Å²) < 4.78 is 0. The number of amides is 1. The maximum absolute atomic E-state index is 13.0. The average Bonchev–Trinajstić information content (AvgIpc) is 3.15. The van der Waals surface area contributed by atoms with Crippen LogP contribution in [0.5, 0.6) is 0 Å². The molecule has 1 unspecified atom stereocenters. The minimum Gasteiger partial charge on any atom is -0.361 e. The molecule has 0 bridgehead atoms. The van der Waals surface area contributed by atoms with Crippen molar-refractivity contribution in [3.05, 3.63) is 57.9 Å². The van der Waals surface area contributed by atoms with Crippen LogP contribution in [0.1, 0.15) is 33.8 Å². The Morgan fingerprint density at radius 3 is 3.14 bits per heavy atom. The predicted octanol–water partition coefficient (Wildman–Crippen LogP) is 3.99. The number of aromatic amines is 1. The van der Waals surface area contributed by atoms with E-state index in [1.807, 2.05) is 35.4 Å². The number of benzene rings is 1. The van der Waals surface area contributed by atoms with Crippen LogP contribution in [0.2, 0.25) is 0 Å². The Labute approximate surface area is 127 Å². The molecule has 0 fully saturated rings. The second kappa shape index (κ2) is 4.74. The molecule has 4 rings (SSSR count). The number of hydrogen-bond donors (Lipinski definition) is 1. The third-order valence-corrected chi connectivity index (χ3v) is 5.36. The van der Waals surface area contributed by atoms with Crippen molar-refractivity contribution in [3.8, 4) is 0 Å². The lowest BCUT2D eigenvalue weighted by Crippen LogP contribution is -2.38. The SMILES string of the molecule is CC1c2ccsc2CCN1C(=O)c1cccc2[nH]ccc12. The Balaban J connectivity index is 1.74. The van der Waals surface area contributed by atoms with Gasteiger partial charge in [0, 0.05) is 34.1 Å². The van der Waals surface area contributed by atoms with Crippen molar-refractivity contribution in [2.75, 3.05) is 6.54 Å². The highest BCUT2D eigenvalue weighted by Gasteiger charge is 2.29. The molecule has 0 saturated heterocycles. The van der Waals surface area contributed by atoms with Crippen LogP contribution < -0.4 is 0 Å². The zero-order chi connectivity index (χ0) is 14.4. The first-order valence-corrected chi connectivity index (χ1v) is 8.07. The summed E-state index contributed by atoms with van der Waals surface area (Å²) in [4.78, 5) is 19.6. The molecule has 0 saturated carbocycles. The van der Waals surface area contributed by atoms with Gasteiger partial charge >= 0.3 is 0 Å². The number of nitrogens with zero attached hydrogens (tertiary/aromatic N) is 1. The van der Waals surface area contributed by atoms with E-state index in [1.54, 1.807) is 11.3 Å². The van der Waals surface area contributed by atoms with Crippen molar-refractivity contribution in [2.45, 2.75) is 19.4 Å². The normalized spacial score (nSPS) is 18.0. The maximum Gasteiger partial charge on any atom is 0.255 e. The van der Waals surface area contributed by atoms with E-state index in [9.17, 15) is 4.79 Å². The van der Waals surface area contributed by atoms with Crippen LogP contribution in [0.25, 0.3) is 10.9 Å². The summed E-state index contributed by atoms with van der Waals surface area (Å²) >= 11 is 1.80. The van der Waals surface area contributed by atoms with Crippen LogP contribution >= 0.6 is 11.3 Å². The third-order valence-electron chi connectivity index (χ3n) is 4.36. The lowest BCUT2D eigenvalue weighted by molar-refractivity contribution is 0.0681. The van der Waals surface area contributed by atoms with Crippen LogP contribution in [0.3, 0.4) is 0 Å². The number of thiophene rings is 1. The molecule has 1 aromatic carbocycles. The Morgan fingerprint density at radius 1 is 1.33 bits per heavy atom. The van der Waals surface area contributed by atoms with Gasteiger partial charge in [0.2, 0.25) is 0 Å². The first-order valence-electron chi connectivity index (χ1n) is 7.19. The Hall–Kier alpha value is -2.07. The number of carbonyl (C=O) groups is 1. The molecule has 1 N–H and O–H groups in total. The smallest absolute Gasteiger partial charge is 0.255 e. The highest BCUT2D eigenvalue weighted by molar-refractivity contribution is 7.10. The first-order chi connectivity index (χ1) is 10.3. The highest BCUT2D eigenvalue weighted by atomic mass is 32.1. The van der Waals surface area contributed by atoms with E-state index >= 15 is 0 Å². The summed E-state index contributed by atoms with van der Waals surface area (Å²) in [6.07, 6.45) is 2.85. The van der Waals surface area contributed by atoms with Gasteiger partial charge in [0.1, 0.15) is 0 Å². The number of fused-ring (bicyclic) bond motifs is 2. The summed E-state index contributed by atoms with van der Waals surface area (Å²) in [6.45, 7) is 2.92. The van der Waals surface area contributed by atoms with Crippen molar-refractivity contribution in [1.82, 2.24) is 9.88 Å². The molecule has 3 heterocycles. The van der Waals surface area contributed by atoms with Crippen molar-refractivity contribution in [3.63, 3.8) is 0 Å². The van der Waals surface area contributed by atoms with Crippen LogP contribution in [0, 0.1) is 0 Å². The number of nitrogens with one attached hydrogen (secondary N) is 1. The van der Waals surface area contributed by atoms with Gasteiger partial charge < -0.3 is 9.88 Å². The number of aromatic nitrogens is 1. The Kier molecular flexibility index (Phi) is 2.86. The minimum atomic E-state index is 0.129. The second-order valence-electron chi connectivity index (χ2n) is 5.47. The van der Waals surface area contributed by atoms with Gasteiger partial charge in [0.25, 0.3) is 5.91 Å². The standard InChI is InChI=1S/C17H16N2OS/c1-11-12-7-10-21-16(12)6-9-19(11)17(20)14-3-2-4-15-13(14)5-8-18-15/h2-5,7-8,10-11,18H,6,9H2,1H3. The molecule has 2 aromatic heterocycles. The predicted molar refractivity (Wildman–Crippen MR) is 85.8 cm³/mol. The minimum absolute atomic E-state index is 0.129. The zero-order valence-electron chi connectivity index (χ0n) is 11.8. The average molecular weight is 296 g/mol. The van der Waals surface area contributed by atoms with E-state index in [-0.39, 0.29) is 11.9 Å². The van der Waals surface area contributed by atoms with Crippen LogP contribution in [0.15, 0.2) is 41.9 Å². The van der Waals surface area contributed by atoms with Crippen LogP contribution in [0.4, 0.5) is 0 Å². The van der Waals surface area contributed by atoms with Crippen molar-refractivity contribution in [1.29, 1.82) is 0 Å². The summed E-state index contributed by atoms with van der Waals surface area (Å²) in [7, 11) is 0. The fraction of sp³-hybridized carbons (Fsp3) is 0.235. The zero-order valence-corrected chi connectivity index (χ0v) is 12.6. The van der Waals surface area contributed by atoms with E-state index in [0.717, 1.165) is 29.4 Å². The summed E-state index contributed by atoms with van der Waals surface area (Å²) in [5.74, 6) is 0.129. The molecule has 1 amide bonds. The van der Waals surface area contributed by atoms with Crippen LogP contribution in [-0.4, -0.2) is 22.3 Å². The molecular formula is C17H16N2OS. The van der Waals surface area contributed by atoms with Gasteiger partial charge in [-0.25, -0.2) is 0 Å². The number of hydrogen-bond acceptors (Lipinski definition) is 2. The van der Waals surface area contributed by atoms with Crippen molar-refractivity contribution < 1.29 is 4.79 Å². The molecule has 3 aromatic rings. The highest BCUT2D eigenvalue weighted by Crippen LogP contribution is 2.34. The molecule has 4 heteroatoms. The van der Waals surface area contributed by atoms with Gasteiger partial charge in [0.15, 0.2) is 0 Å². The van der Waals surface area contributed by atoms with E-state index in [2.05, 4.69) is 23.4 Å². The maximum atomic E-state index is 13.0. The lowest BCUT2D eigenvalue weighted by atomic mass is 9.99. The molecule has 1 aliphatic rings.